The molecule has 0 heterocycles. The van der Waals surface area contributed by atoms with Crippen molar-refractivity contribution in [1.82, 2.24) is 0 Å². The number of fused-ring (bicyclic) bond motifs is 1. The Labute approximate surface area is 137 Å². The molecule has 0 aromatic carbocycles. The third-order valence-corrected chi connectivity index (χ3v) is 7.27. The Bertz CT molecular complexity index is 425. The summed E-state index contributed by atoms with van der Waals surface area (Å²) in [4.78, 5) is 0. The first-order chi connectivity index (χ1) is 10.0. The Balaban J connectivity index is 2.53. The van der Waals surface area contributed by atoms with Gasteiger partial charge in [-0.1, -0.05) is 40.2 Å². The van der Waals surface area contributed by atoms with Gasteiger partial charge in [0.1, 0.15) is 0 Å². The fraction of sp³-hybridized carbons (Fsp3) is 0.900. The van der Waals surface area contributed by atoms with Crippen LogP contribution in [0, 0.1) is 28.1 Å². The Morgan fingerprint density at radius 2 is 1.82 bits per heavy atom. The van der Waals surface area contributed by atoms with E-state index in [9.17, 15) is 10.2 Å². The molecule has 5 unspecified atom stereocenters. The van der Waals surface area contributed by atoms with Crippen molar-refractivity contribution in [1.29, 1.82) is 0 Å². The lowest BCUT2D eigenvalue weighted by atomic mass is 9.41. The molecular weight excluding hydrogens is 272 g/mol. The predicted octanol–water partition coefficient (Wildman–Crippen LogP) is 4.55. The van der Waals surface area contributed by atoms with E-state index in [0.29, 0.717) is 17.8 Å². The summed E-state index contributed by atoms with van der Waals surface area (Å²) in [7, 11) is 0. The average molecular weight is 309 g/mol. The smallest absolute Gasteiger partial charge is 0.0661 e. The molecule has 2 aliphatic rings. The zero-order valence-electron chi connectivity index (χ0n) is 15.3. The summed E-state index contributed by atoms with van der Waals surface area (Å²) < 4.78 is 0. The summed E-state index contributed by atoms with van der Waals surface area (Å²) >= 11 is 0. The normalized spacial score (nSPS) is 44.0. The monoisotopic (exact) mass is 308 g/mol. The first kappa shape index (κ1) is 18.0. The highest BCUT2D eigenvalue weighted by Gasteiger charge is 2.61. The molecule has 2 aliphatic carbocycles. The second kappa shape index (κ2) is 5.63. The Kier molecular flexibility index (Phi) is 4.61. The number of hydrogen-bond acceptors (Lipinski definition) is 2. The van der Waals surface area contributed by atoms with Crippen LogP contribution in [0.5, 0.6) is 0 Å². The van der Waals surface area contributed by atoms with Gasteiger partial charge < -0.3 is 10.2 Å². The van der Waals surface area contributed by atoms with Crippen LogP contribution in [0.15, 0.2) is 12.7 Å². The predicted molar refractivity (Wildman–Crippen MR) is 92.6 cm³/mol. The van der Waals surface area contributed by atoms with Crippen LogP contribution in [0.25, 0.3) is 0 Å². The molecule has 128 valence electrons. The van der Waals surface area contributed by atoms with Crippen molar-refractivity contribution in [2.75, 3.05) is 6.61 Å². The van der Waals surface area contributed by atoms with Crippen molar-refractivity contribution >= 4 is 0 Å². The summed E-state index contributed by atoms with van der Waals surface area (Å²) in [5.74, 6) is 0.785. The van der Waals surface area contributed by atoms with Crippen LogP contribution in [0.2, 0.25) is 0 Å². The minimum atomic E-state index is -0.684. The van der Waals surface area contributed by atoms with Gasteiger partial charge in [0.15, 0.2) is 0 Å². The third-order valence-electron chi connectivity index (χ3n) is 7.27. The fourth-order valence-corrected chi connectivity index (χ4v) is 6.59. The molecular formula is C20H36O2. The van der Waals surface area contributed by atoms with E-state index in [1.54, 1.807) is 0 Å². The number of rotatable bonds is 4. The standard InChI is InChI=1S/C20H36O2/c1-7-18(4,13-14-21)16-19(5)11-8-10-17(2,3)15(19)9-12-20(16,6)22/h7,15-16,21-22H,1,8-14H2,2-6H3. The molecule has 2 saturated carbocycles. The van der Waals surface area contributed by atoms with Crippen LogP contribution in [0.4, 0.5) is 0 Å². The second-order valence-corrected chi connectivity index (χ2v) is 9.41. The van der Waals surface area contributed by atoms with Crippen LogP contribution in [-0.2, 0) is 0 Å². The molecule has 22 heavy (non-hydrogen) atoms. The maximum absolute atomic E-state index is 11.3. The number of aliphatic hydroxyl groups is 2. The largest absolute Gasteiger partial charge is 0.396 e. The molecule has 0 bridgehead atoms. The molecule has 0 radical (unpaired) electrons. The van der Waals surface area contributed by atoms with Gasteiger partial charge in [0.25, 0.3) is 0 Å². The van der Waals surface area contributed by atoms with Crippen LogP contribution in [0.1, 0.15) is 73.1 Å². The van der Waals surface area contributed by atoms with Crippen molar-refractivity contribution in [3.8, 4) is 0 Å². The van der Waals surface area contributed by atoms with Crippen molar-refractivity contribution in [3.63, 3.8) is 0 Å². The van der Waals surface area contributed by atoms with Crippen molar-refractivity contribution in [2.45, 2.75) is 78.7 Å². The van der Waals surface area contributed by atoms with Gasteiger partial charge in [0.05, 0.1) is 5.60 Å². The summed E-state index contributed by atoms with van der Waals surface area (Å²) in [5.41, 5.74) is -0.458. The number of aliphatic hydroxyl groups excluding tert-OH is 1. The van der Waals surface area contributed by atoms with Gasteiger partial charge in [-0.25, -0.2) is 0 Å². The lowest BCUT2D eigenvalue weighted by molar-refractivity contribution is -0.199. The van der Waals surface area contributed by atoms with Gasteiger partial charge in [-0.2, -0.15) is 0 Å². The fourth-order valence-electron chi connectivity index (χ4n) is 6.59. The molecule has 2 rings (SSSR count). The van der Waals surface area contributed by atoms with E-state index < -0.39 is 5.60 Å². The zero-order chi connectivity index (χ0) is 16.8. The summed E-state index contributed by atoms with van der Waals surface area (Å²) in [6, 6.07) is 0. The van der Waals surface area contributed by atoms with Gasteiger partial charge in [0.2, 0.25) is 0 Å². The van der Waals surface area contributed by atoms with E-state index in [4.69, 9.17) is 0 Å². The van der Waals surface area contributed by atoms with Crippen LogP contribution < -0.4 is 0 Å². The van der Waals surface area contributed by atoms with Crippen LogP contribution in [-0.4, -0.2) is 22.4 Å². The van der Waals surface area contributed by atoms with E-state index in [1.807, 2.05) is 13.0 Å². The summed E-state index contributed by atoms with van der Waals surface area (Å²) in [6.45, 7) is 15.6. The molecule has 0 amide bonds. The van der Waals surface area contributed by atoms with E-state index in [1.165, 1.54) is 19.3 Å². The molecule has 2 nitrogen and oxygen atoms in total. The van der Waals surface area contributed by atoms with Crippen molar-refractivity contribution in [2.24, 2.45) is 28.1 Å². The first-order valence-electron chi connectivity index (χ1n) is 9.00. The number of allylic oxidation sites excluding steroid dienone is 1. The molecule has 2 fully saturated rings. The summed E-state index contributed by atoms with van der Waals surface area (Å²) in [6.07, 6.45) is 8.34. The highest BCUT2D eigenvalue weighted by molar-refractivity contribution is 5.14. The molecule has 0 spiro atoms. The van der Waals surface area contributed by atoms with E-state index >= 15 is 0 Å². The molecule has 0 aromatic heterocycles. The maximum atomic E-state index is 11.3. The summed E-state index contributed by atoms with van der Waals surface area (Å²) in [5, 5.41) is 20.9. The highest BCUT2D eigenvalue weighted by atomic mass is 16.3. The Morgan fingerprint density at radius 3 is 2.36 bits per heavy atom. The van der Waals surface area contributed by atoms with Gasteiger partial charge in [-0.15, -0.1) is 6.58 Å². The highest BCUT2D eigenvalue weighted by Crippen LogP contribution is 2.66. The van der Waals surface area contributed by atoms with Gasteiger partial charge in [-0.3, -0.25) is 0 Å². The van der Waals surface area contributed by atoms with E-state index in [2.05, 4.69) is 34.3 Å². The van der Waals surface area contributed by atoms with Gasteiger partial charge in [-0.05, 0) is 61.2 Å². The number of hydrogen-bond donors (Lipinski definition) is 2. The molecule has 2 heteroatoms. The van der Waals surface area contributed by atoms with E-state index in [-0.39, 0.29) is 23.4 Å². The zero-order valence-corrected chi connectivity index (χ0v) is 15.3. The van der Waals surface area contributed by atoms with Gasteiger partial charge in [0, 0.05) is 12.5 Å². The molecule has 0 aliphatic heterocycles. The minimum Gasteiger partial charge on any atom is -0.396 e. The molecule has 0 saturated heterocycles. The second-order valence-electron chi connectivity index (χ2n) is 9.41. The third kappa shape index (κ3) is 2.67. The Morgan fingerprint density at radius 1 is 1.18 bits per heavy atom. The Hall–Kier alpha value is -0.340. The average Bonchev–Trinajstić information content (AvgIpc) is 2.36. The topological polar surface area (TPSA) is 40.5 Å². The van der Waals surface area contributed by atoms with E-state index in [0.717, 1.165) is 12.8 Å². The molecule has 0 aromatic rings. The lowest BCUT2D eigenvalue weighted by Gasteiger charge is -2.64. The molecule has 5 atom stereocenters. The quantitative estimate of drug-likeness (QED) is 0.748. The van der Waals surface area contributed by atoms with Crippen molar-refractivity contribution in [3.05, 3.63) is 12.7 Å². The maximum Gasteiger partial charge on any atom is 0.0661 e. The van der Waals surface area contributed by atoms with Crippen LogP contribution >= 0.6 is 0 Å². The van der Waals surface area contributed by atoms with Gasteiger partial charge >= 0.3 is 0 Å². The minimum absolute atomic E-state index is 0.113. The van der Waals surface area contributed by atoms with Crippen LogP contribution in [0.3, 0.4) is 0 Å². The molecule has 2 N–H and O–H groups in total. The lowest BCUT2D eigenvalue weighted by Crippen LogP contribution is -2.62. The first-order valence-corrected chi connectivity index (χ1v) is 9.00. The van der Waals surface area contributed by atoms with Crippen molar-refractivity contribution < 1.29 is 10.2 Å². The SMILES string of the molecule is C=CC(C)(CCO)C1C(C)(O)CCC2C(C)(C)CCCC21C.